The van der Waals surface area contributed by atoms with Gasteiger partial charge in [-0.2, -0.15) is 9.37 Å². The second-order valence-corrected chi connectivity index (χ2v) is 7.03. The van der Waals surface area contributed by atoms with E-state index in [9.17, 15) is 4.39 Å². The van der Waals surface area contributed by atoms with E-state index in [1.54, 1.807) is 10.0 Å². The summed E-state index contributed by atoms with van der Waals surface area (Å²) in [5.41, 5.74) is 1.53. The monoisotopic (exact) mass is 351 g/mol. The standard InChI is InChI=1S/C17H14FN7O/c1-17(6-7-17)14-21-16(22-26-14)23-9-20-13-10-4-2-3-5-11(10)24-12(25(13)23)8-19-15(24)18/h2-5,8H,6-7,9H2,1H3. The normalized spacial score (nSPS) is 19.1. The van der Waals surface area contributed by atoms with Crippen LogP contribution in [-0.2, 0) is 5.41 Å². The molecule has 2 aromatic heterocycles. The Morgan fingerprint density at radius 3 is 2.92 bits per heavy atom. The topological polar surface area (TPSA) is 75.6 Å². The van der Waals surface area contributed by atoms with Crippen LogP contribution in [0, 0.1) is 6.08 Å². The van der Waals surface area contributed by atoms with Crippen molar-refractivity contribution in [3.8, 4) is 5.69 Å². The largest absolute Gasteiger partial charge is 0.337 e. The predicted molar refractivity (Wildman–Crippen MR) is 90.8 cm³/mol. The van der Waals surface area contributed by atoms with Gasteiger partial charge in [-0.1, -0.05) is 19.1 Å². The van der Waals surface area contributed by atoms with Gasteiger partial charge < -0.3 is 4.52 Å². The van der Waals surface area contributed by atoms with Crippen LogP contribution in [0.25, 0.3) is 5.69 Å². The minimum Gasteiger partial charge on any atom is -0.337 e. The van der Waals surface area contributed by atoms with Gasteiger partial charge in [0.15, 0.2) is 11.7 Å². The number of anilines is 2. The van der Waals surface area contributed by atoms with Crippen LogP contribution in [0.4, 0.5) is 16.2 Å². The van der Waals surface area contributed by atoms with E-state index in [0.717, 1.165) is 24.2 Å². The van der Waals surface area contributed by atoms with Crippen molar-refractivity contribution < 1.29 is 8.91 Å². The molecular weight excluding hydrogens is 337 g/mol. The molecule has 0 atom stereocenters. The lowest BCUT2D eigenvalue weighted by Gasteiger charge is -2.33. The zero-order valence-electron chi connectivity index (χ0n) is 13.9. The number of nitrogens with zero attached hydrogens (tertiary/aromatic N) is 7. The van der Waals surface area contributed by atoms with Crippen molar-refractivity contribution >= 4 is 17.6 Å². The first-order valence-corrected chi connectivity index (χ1v) is 8.45. The van der Waals surface area contributed by atoms with Crippen LogP contribution in [0.15, 0.2) is 40.0 Å². The summed E-state index contributed by atoms with van der Waals surface area (Å²) in [6, 6.07) is 7.54. The van der Waals surface area contributed by atoms with Gasteiger partial charge in [0, 0.05) is 11.0 Å². The number of fused-ring (bicyclic) bond motifs is 6. The average Bonchev–Trinajstić information content (AvgIpc) is 3.06. The fourth-order valence-corrected chi connectivity index (χ4v) is 3.48. The van der Waals surface area contributed by atoms with E-state index in [1.165, 1.54) is 10.8 Å². The highest BCUT2D eigenvalue weighted by molar-refractivity contribution is 6.16. The second kappa shape index (κ2) is 4.48. The van der Waals surface area contributed by atoms with Crippen molar-refractivity contribution in [1.82, 2.24) is 19.7 Å². The molecule has 1 aliphatic carbocycles. The van der Waals surface area contributed by atoms with Gasteiger partial charge in [-0.25, -0.2) is 20.0 Å². The fourth-order valence-electron chi connectivity index (χ4n) is 3.48. The zero-order chi connectivity index (χ0) is 17.5. The third-order valence-corrected chi connectivity index (χ3v) is 5.26. The maximum atomic E-state index is 14.4. The lowest BCUT2D eigenvalue weighted by Crippen LogP contribution is -2.46. The number of imidazole rings is 1. The van der Waals surface area contributed by atoms with E-state index in [2.05, 4.69) is 27.0 Å². The van der Waals surface area contributed by atoms with Crippen molar-refractivity contribution in [3.63, 3.8) is 0 Å². The molecule has 26 heavy (non-hydrogen) atoms. The molecule has 4 heterocycles. The van der Waals surface area contributed by atoms with Gasteiger partial charge in [0.05, 0.1) is 11.9 Å². The quantitative estimate of drug-likeness (QED) is 0.706. The maximum absolute atomic E-state index is 14.4. The Balaban J connectivity index is 1.49. The molecule has 0 amide bonds. The SMILES string of the molecule is CC1(c2nc(N3CN=C4c5ccccc5-n5c(cnc5F)N43)no2)CC1. The average molecular weight is 351 g/mol. The number of amidine groups is 1. The molecule has 6 rings (SSSR count). The summed E-state index contributed by atoms with van der Waals surface area (Å²) in [5.74, 6) is 2.33. The first-order valence-electron chi connectivity index (χ1n) is 8.45. The Bertz CT molecular complexity index is 1080. The number of hydrogen-bond acceptors (Lipinski definition) is 7. The molecule has 0 unspecified atom stereocenters. The van der Waals surface area contributed by atoms with Crippen LogP contribution in [0.1, 0.15) is 31.2 Å². The Morgan fingerprint density at radius 1 is 1.23 bits per heavy atom. The second-order valence-electron chi connectivity index (χ2n) is 7.03. The number of aromatic nitrogens is 4. The number of halogens is 1. The minimum absolute atomic E-state index is 0.0168. The smallest absolute Gasteiger partial charge is 0.295 e. The Labute approximate surface area is 147 Å². The summed E-state index contributed by atoms with van der Waals surface area (Å²) < 4.78 is 21.3. The van der Waals surface area contributed by atoms with Crippen LogP contribution in [0.3, 0.4) is 0 Å². The third-order valence-electron chi connectivity index (χ3n) is 5.26. The third kappa shape index (κ3) is 1.67. The molecule has 2 aliphatic heterocycles. The maximum Gasteiger partial charge on any atom is 0.295 e. The molecule has 130 valence electrons. The van der Waals surface area contributed by atoms with Gasteiger partial charge in [0.25, 0.3) is 12.0 Å². The molecule has 1 aromatic carbocycles. The molecule has 0 bridgehead atoms. The van der Waals surface area contributed by atoms with E-state index >= 15 is 0 Å². The van der Waals surface area contributed by atoms with Gasteiger partial charge in [0.1, 0.15) is 6.67 Å². The summed E-state index contributed by atoms with van der Waals surface area (Å²) in [6.07, 6.45) is 3.01. The molecule has 3 aromatic rings. The zero-order valence-corrected chi connectivity index (χ0v) is 13.9. The highest BCUT2D eigenvalue weighted by Crippen LogP contribution is 2.47. The molecule has 0 spiro atoms. The van der Waals surface area contributed by atoms with Gasteiger partial charge in [-0.15, -0.1) is 0 Å². The van der Waals surface area contributed by atoms with Crippen LogP contribution < -0.4 is 10.0 Å². The van der Waals surface area contributed by atoms with E-state index in [1.807, 2.05) is 24.3 Å². The molecule has 1 saturated carbocycles. The van der Waals surface area contributed by atoms with Crippen LogP contribution in [-0.4, -0.2) is 32.2 Å². The highest BCUT2D eigenvalue weighted by atomic mass is 19.1. The van der Waals surface area contributed by atoms with E-state index in [4.69, 9.17) is 4.52 Å². The lowest BCUT2D eigenvalue weighted by molar-refractivity contribution is 0.352. The molecule has 1 fully saturated rings. The Morgan fingerprint density at radius 2 is 2.08 bits per heavy atom. The van der Waals surface area contributed by atoms with Crippen molar-refractivity contribution in [2.24, 2.45) is 4.99 Å². The number of aliphatic imine (C=N–C) groups is 1. The molecule has 0 saturated heterocycles. The fraction of sp³-hybridized carbons (Fsp3) is 0.294. The minimum atomic E-state index is -0.572. The van der Waals surface area contributed by atoms with Crippen molar-refractivity contribution in [2.45, 2.75) is 25.2 Å². The number of para-hydroxylation sites is 1. The summed E-state index contributed by atoms with van der Waals surface area (Å²) in [7, 11) is 0. The molecule has 8 nitrogen and oxygen atoms in total. The van der Waals surface area contributed by atoms with Crippen molar-refractivity contribution in [1.29, 1.82) is 0 Å². The Kier molecular flexibility index (Phi) is 2.41. The summed E-state index contributed by atoms with van der Waals surface area (Å²) in [6.45, 7) is 2.43. The summed E-state index contributed by atoms with van der Waals surface area (Å²) >= 11 is 0. The van der Waals surface area contributed by atoms with Gasteiger partial charge in [-0.05, 0) is 30.1 Å². The Hall–Kier alpha value is -3.23. The number of rotatable bonds is 2. The first kappa shape index (κ1) is 14.0. The predicted octanol–water partition coefficient (Wildman–Crippen LogP) is 2.41. The summed E-state index contributed by atoms with van der Waals surface area (Å²) in [5, 5.41) is 7.70. The van der Waals surface area contributed by atoms with E-state index in [0.29, 0.717) is 30.0 Å². The van der Waals surface area contributed by atoms with Gasteiger partial charge in [0.2, 0.25) is 5.89 Å². The first-order chi connectivity index (χ1) is 12.7. The molecule has 0 radical (unpaired) electrons. The van der Waals surface area contributed by atoms with E-state index in [-0.39, 0.29) is 5.41 Å². The van der Waals surface area contributed by atoms with Crippen molar-refractivity contribution in [2.75, 3.05) is 16.7 Å². The number of benzene rings is 1. The molecule has 0 N–H and O–H groups in total. The van der Waals surface area contributed by atoms with Crippen LogP contribution >= 0.6 is 0 Å². The summed E-state index contributed by atoms with van der Waals surface area (Å²) in [4.78, 5) is 13.0. The van der Waals surface area contributed by atoms with Crippen molar-refractivity contribution in [3.05, 3.63) is 48.0 Å². The molecule has 9 heteroatoms. The van der Waals surface area contributed by atoms with E-state index < -0.39 is 6.08 Å². The lowest BCUT2D eigenvalue weighted by atomic mass is 10.1. The van der Waals surface area contributed by atoms with Crippen LogP contribution in [0.5, 0.6) is 0 Å². The molecule has 3 aliphatic rings. The van der Waals surface area contributed by atoms with Gasteiger partial charge >= 0.3 is 0 Å². The molecular formula is C17H14FN7O. The highest BCUT2D eigenvalue weighted by Gasteiger charge is 2.46. The van der Waals surface area contributed by atoms with Gasteiger partial charge in [-0.3, -0.25) is 4.57 Å². The number of hydrogen-bond donors (Lipinski definition) is 0. The van der Waals surface area contributed by atoms with Crippen LogP contribution in [0.2, 0.25) is 0 Å². The number of hydrazine groups is 1.